The number of ether oxygens (including phenoxy) is 1. The number of nitrogens with one attached hydrogen (secondary N) is 1. The van der Waals surface area contributed by atoms with Crippen LogP contribution in [-0.4, -0.2) is 21.9 Å². The van der Waals surface area contributed by atoms with Gasteiger partial charge < -0.3 is 14.6 Å². The highest BCUT2D eigenvalue weighted by Crippen LogP contribution is 2.19. The molecule has 2 aromatic rings. The summed E-state index contributed by atoms with van der Waals surface area (Å²) in [6.45, 7) is 1.21. The average molecular weight is 257 g/mol. The van der Waals surface area contributed by atoms with Crippen LogP contribution in [0.5, 0.6) is 5.75 Å². The lowest BCUT2D eigenvalue weighted by atomic mass is 10.1. The molecule has 6 heteroatoms. The standard InChI is InChI=1S/C13H15N5O/c1-18-9-16-17-13(18)8-15-7-11-5-10(6-14)3-4-12(11)19-2/h3-5,9,15H,7-8H2,1-2H3. The van der Waals surface area contributed by atoms with Crippen molar-refractivity contribution in [2.75, 3.05) is 7.11 Å². The lowest BCUT2D eigenvalue weighted by molar-refractivity contribution is 0.407. The molecule has 0 bridgehead atoms. The van der Waals surface area contributed by atoms with E-state index in [-0.39, 0.29) is 0 Å². The van der Waals surface area contributed by atoms with Crippen molar-refractivity contribution in [1.29, 1.82) is 5.26 Å². The van der Waals surface area contributed by atoms with E-state index in [1.165, 1.54) is 0 Å². The molecule has 0 unspecified atom stereocenters. The Labute approximate surface area is 111 Å². The fraction of sp³-hybridized carbons (Fsp3) is 0.308. The van der Waals surface area contributed by atoms with Crippen LogP contribution in [0, 0.1) is 11.3 Å². The zero-order valence-electron chi connectivity index (χ0n) is 10.9. The van der Waals surface area contributed by atoms with Gasteiger partial charge in [-0.1, -0.05) is 0 Å². The summed E-state index contributed by atoms with van der Waals surface area (Å²) < 4.78 is 7.13. The van der Waals surface area contributed by atoms with E-state index in [2.05, 4.69) is 21.6 Å². The summed E-state index contributed by atoms with van der Waals surface area (Å²) in [4.78, 5) is 0. The molecule has 0 spiro atoms. The van der Waals surface area contributed by atoms with Crippen molar-refractivity contribution in [3.05, 3.63) is 41.5 Å². The number of hydrogen-bond donors (Lipinski definition) is 1. The Balaban J connectivity index is 2.03. The third-order valence-electron chi connectivity index (χ3n) is 2.81. The quantitative estimate of drug-likeness (QED) is 0.864. The lowest BCUT2D eigenvalue weighted by Crippen LogP contribution is -2.16. The molecule has 0 radical (unpaired) electrons. The molecule has 1 aromatic carbocycles. The van der Waals surface area contributed by atoms with E-state index >= 15 is 0 Å². The highest BCUT2D eigenvalue weighted by atomic mass is 16.5. The van der Waals surface area contributed by atoms with Crippen molar-refractivity contribution < 1.29 is 4.74 Å². The second-order valence-corrected chi connectivity index (χ2v) is 4.10. The lowest BCUT2D eigenvalue weighted by Gasteiger charge is -2.09. The predicted octanol–water partition coefficient (Wildman–Crippen LogP) is 0.985. The fourth-order valence-electron chi connectivity index (χ4n) is 1.76. The maximum atomic E-state index is 8.90. The van der Waals surface area contributed by atoms with Crippen molar-refractivity contribution in [3.63, 3.8) is 0 Å². The molecule has 0 aliphatic rings. The number of aryl methyl sites for hydroxylation is 1. The van der Waals surface area contributed by atoms with Crippen LogP contribution in [0.25, 0.3) is 0 Å². The average Bonchev–Trinajstić information content (AvgIpc) is 2.84. The maximum absolute atomic E-state index is 8.90. The van der Waals surface area contributed by atoms with Crippen LogP contribution < -0.4 is 10.1 Å². The Morgan fingerprint density at radius 1 is 1.42 bits per heavy atom. The van der Waals surface area contributed by atoms with Gasteiger partial charge in [-0.25, -0.2) is 0 Å². The highest BCUT2D eigenvalue weighted by molar-refractivity contribution is 5.41. The third kappa shape index (κ3) is 3.09. The van der Waals surface area contributed by atoms with E-state index in [0.717, 1.165) is 17.1 Å². The first-order valence-electron chi connectivity index (χ1n) is 5.85. The minimum Gasteiger partial charge on any atom is -0.496 e. The van der Waals surface area contributed by atoms with Gasteiger partial charge in [0.15, 0.2) is 0 Å². The molecule has 0 amide bonds. The van der Waals surface area contributed by atoms with Crippen LogP contribution in [-0.2, 0) is 20.1 Å². The van der Waals surface area contributed by atoms with Gasteiger partial charge in [0.1, 0.15) is 17.9 Å². The van der Waals surface area contributed by atoms with Crippen LogP contribution in [0.2, 0.25) is 0 Å². The van der Waals surface area contributed by atoms with E-state index in [0.29, 0.717) is 18.7 Å². The van der Waals surface area contributed by atoms with E-state index in [1.54, 1.807) is 25.6 Å². The van der Waals surface area contributed by atoms with E-state index in [4.69, 9.17) is 10.00 Å². The van der Waals surface area contributed by atoms with E-state index < -0.39 is 0 Å². The predicted molar refractivity (Wildman–Crippen MR) is 69.3 cm³/mol. The number of benzene rings is 1. The summed E-state index contributed by atoms with van der Waals surface area (Å²) in [6.07, 6.45) is 1.66. The molecule has 0 saturated heterocycles. The molecule has 0 aliphatic carbocycles. The van der Waals surface area contributed by atoms with Crippen LogP contribution in [0.4, 0.5) is 0 Å². The Kier molecular flexibility index (Phi) is 4.11. The van der Waals surface area contributed by atoms with Gasteiger partial charge in [-0.15, -0.1) is 10.2 Å². The molecule has 1 N–H and O–H groups in total. The molecule has 0 saturated carbocycles. The minimum absolute atomic E-state index is 0.603. The number of methoxy groups -OCH3 is 1. The van der Waals surface area contributed by atoms with Gasteiger partial charge in [0.05, 0.1) is 25.3 Å². The Morgan fingerprint density at radius 2 is 2.26 bits per heavy atom. The maximum Gasteiger partial charge on any atom is 0.146 e. The van der Waals surface area contributed by atoms with Crippen LogP contribution >= 0.6 is 0 Å². The van der Waals surface area contributed by atoms with Gasteiger partial charge in [-0.05, 0) is 18.2 Å². The van der Waals surface area contributed by atoms with Crippen molar-refractivity contribution in [3.8, 4) is 11.8 Å². The largest absolute Gasteiger partial charge is 0.496 e. The second-order valence-electron chi connectivity index (χ2n) is 4.10. The number of rotatable bonds is 5. The van der Waals surface area contributed by atoms with Gasteiger partial charge in [0, 0.05) is 19.2 Å². The van der Waals surface area contributed by atoms with E-state index in [1.807, 2.05) is 17.7 Å². The van der Waals surface area contributed by atoms with Gasteiger partial charge in [0.25, 0.3) is 0 Å². The zero-order valence-corrected chi connectivity index (χ0v) is 10.9. The number of hydrogen-bond acceptors (Lipinski definition) is 5. The van der Waals surface area contributed by atoms with Gasteiger partial charge in [-0.2, -0.15) is 5.26 Å². The second kappa shape index (κ2) is 5.98. The zero-order chi connectivity index (χ0) is 13.7. The molecule has 98 valence electrons. The number of nitrogens with zero attached hydrogens (tertiary/aromatic N) is 4. The van der Waals surface area contributed by atoms with Crippen molar-refractivity contribution >= 4 is 0 Å². The summed E-state index contributed by atoms with van der Waals surface area (Å²) >= 11 is 0. The van der Waals surface area contributed by atoms with Gasteiger partial charge >= 0.3 is 0 Å². The monoisotopic (exact) mass is 257 g/mol. The molecule has 6 nitrogen and oxygen atoms in total. The van der Waals surface area contributed by atoms with Crippen LogP contribution in [0.1, 0.15) is 17.0 Å². The molecular formula is C13H15N5O. The van der Waals surface area contributed by atoms with Crippen LogP contribution in [0.15, 0.2) is 24.5 Å². The fourth-order valence-corrected chi connectivity index (χ4v) is 1.76. The molecule has 2 rings (SSSR count). The molecule has 1 aromatic heterocycles. The van der Waals surface area contributed by atoms with Crippen molar-refractivity contribution in [2.45, 2.75) is 13.1 Å². The Bertz CT molecular complexity index is 599. The van der Waals surface area contributed by atoms with E-state index in [9.17, 15) is 0 Å². The molecule has 0 fully saturated rings. The molecule has 0 atom stereocenters. The number of nitriles is 1. The highest BCUT2D eigenvalue weighted by Gasteiger charge is 2.05. The topological polar surface area (TPSA) is 75.8 Å². The van der Waals surface area contributed by atoms with Crippen LogP contribution in [0.3, 0.4) is 0 Å². The van der Waals surface area contributed by atoms with Gasteiger partial charge in [0.2, 0.25) is 0 Å². The summed E-state index contributed by atoms with van der Waals surface area (Å²) in [7, 11) is 3.52. The molecular weight excluding hydrogens is 242 g/mol. The summed E-state index contributed by atoms with van der Waals surface area (Å²) in [5, 5.41) is 20.0. The molecule has 0 aliphatic heterocycles. The Hall–Kier alpha value is -2.39. The van der Waals surface area contributed by atoms with Crippen molar-refractivity contribution in [1.82, 2.24) is 20.1 Å². The Morgan fingerprint density at radius 3 is 2.89 bits per heavy atom. The molecule has 1 heterocycles. The minimum atomic E-state index is 0.603. The third-order valence-corrected chi connectivity index (χ3v) is 2.81. The first-order chi connectivity index (χ1) is 9.24. The first-order valence-corrected chi connectivity index (χ1v) is 5.85. The molecule has 19 heavy (non-hydrogen) atoms. The summed E-state index contributed by atoms with van der Waals surface area (Å²) in [5.74, 6) is 1.62. The first kappa shape index (κ1) is 13.1. The normalized spacial score (nSPS) is 10.2. The van der Waals surface area contributed by atoms with Crippen molar-refractivity contribution in [2.24, 2.45) is 7.05 Å². The number of aromatic nitrogens is 3. The SMILES string of the molecule is COc1ccc(C#N)cc1CNCc1nncn1C. The smallest absolute Gasteiger partial charge is 0.146 e. The summed E-state index contributed by atoms with van der Waals surface area (Å²) in [6, 6.07) is 7.49. The van der Waals surface area contributed by atoms with Gasteiger partial charge in [-0.3, -0.25) is 0 Å². The summed E-state index contributed by atoms with van der Waals surface area (Å²) in [5.41, 5.74) is 1.57.